The zero-order valence-corrected chi connectivity index (χ0v) is 11.5. The van der Waals surface area contributed by atoms with Crippen molar-refractivity contribution < 1.29 is 14.3 Å². The third-order valence-electron chi connectivity index (χ3n) is 3.57. The first-order chi connectivity index (χ1) is 9.24. The summed E-state index contributed by atoms with van der Waals surface area (Å²) in [5, 5.41) is 3.29. The van der Waals surface area contributed by atoms with Crippen LogP contribution in [0.5, 0.6) is 5.75 Å². The van der Waals surface area contributed by atoms with Gasteiger partial charge < -0.3 is 14.8 Å². The van der Waals surface area contributed by atoms with Crippen LogP contribution < -0.4 is 10.1 Å². The third-order valence-corrected chi connectivity index (χ3v) is 3.57. The molecule has 0 saturated heterocycles. The van der Waals surface area contributed by atoms with Gasteiger partial charge in [0, 0.05) is 5.69 Å². The minimum absolute atomic E-state index is 0.150. The van der Waals surface area contributed by atoms with Gasteiger partial charge in [-0.25, -0.2) is 4.79 Å². The van der Waals surface area contributed by atoms with Gasteiger partial charge in [0.05, 0.1) is 13.7 Å². The summed E-state index contributed by atoms with van der Waals surface area (Å²) < 4.78 is 10.3. The fraction of sp³-hybridized carbons (Fsp3) is 0.533. The zero-order valence-electron chi connectivity index (χ0n) is 11.5. The van der Waals surface area contributed by atoms with E-state index in [2.05, 4.69) is 5.32 Å². The third kappa shape index (κ3) is 3.40. The second-order valence-corrected chi connectivity index (χ2v) is 4.79. The quantitative estimate of drug-likeness (QED) is 0.802. The SMILES string of the molecule is CCOC(=O)C(Nc1ccc(OC)cc1)C1CCC1. The number of carbonyl (C=O) groups excluding carboxylic acids is 1. The van der Waals surface area contributed by atoms with Crippen LogP contribution >= 0.6 is 0 Å². The first-order valence-electron chi connectivity index (χ1n) is 6.81. The molecule has 1 aromatic rings. The predicted octanol–water partition coefficient (Wildman–Crippen LogP) is 2.84. The number of benzene rings is 1. The van der Waals surface area contributed by atoms with Crippen molar-refractivity contribution in [1.29, 1.82) is 0 Å². The van der Waals surface area contributed by atoms with Crippen molar-refractivity contribution in [1.82, 2.24) is 0 Å². The van der Waals surface area contributed by atoms with E-state index in [0.29, 0.717) is 12.5 Å². The summed E-state index contributed by atoms with van der Waals surface area (Å²) >= 11 is 0. The number of rotatable bonds is 6. The van der Waals surface area contributed by atoms with Gasteiger partial charge in [0.15, 0.2) is 0 Å². The summed E-state index contributed by atoms with van der Waals surface area (Å²) in [7, 11) is 1.64. The van der Waals surface area contributed by atoms with Crippen LogP contribution in [-0.2, 0) is 9.53 Å². The molecule has 0 spiro atoms. The van der Waals surface area contributed by atoms with Gasteiger partial charge in [-0.05, 0) is 49.9 Å². The second kappa shape index (κ2) is 6.45. The second-order valence-electron chi connectivity index (χ2n) is 4.79. The maximum atomic E-state index is 12.0. The molecule has 4 nitrogen and oxygen atoms in total. The van der Waals surface area contributed by atoms with Crippen molar-refractivity contribution in [2.75, 3.05) is 19.0 Å². The topological polar surface area (TPSA) is 47.6 Å². The standard InChI is InChI=1S/C15H21NO3/c1-3-19-15(17)14(11-5-4-6-11)16-12-7-9-13(18-2)10-8-12/h7-11,14,16H,3-6H2,1-2H3. The van der Waals surface area contributed by atoms with E-state index in [1.807, 2.05) is 31.2 Å². The van der Waals surface area contributed by atoms with Crippen LogP contribution in [0.2, 0.25) is 0 Å². The molecule has 1 aromatic carbocycles. The summed E-state index contributed by atoms with van der Waals surface area (Å²) in [6, 6.07) is 7.37. The normalized spacial score (nSPS) is 16.3. The molecule has 1 N–H and O–H groups in total. The van der Waals surface area contributed by atoms with Crippen LogP contribution in [0.3, 0.4) is 0 Å². The average molecular weight is 263 g/mol. The first-order valence-corrected chi connectivity index (χ1v) is 6.81. The van der Waals surface area contributed by atoms with E-state index in [9.17, 15) is 4.79 Å². The Morgan fingerprint density at radius 1 is 1.37 bits per heavy atom. The highest BCUT2D eigenvalue weighted by Crippen LogP contribution is 2.32. The molecule has 0 radical (unpaired) electrons. The highest BCUT2D eigenvalue weighted by atomic mass is 16.5. The number of esters is 1. The van der Waals surface area contributed by atoms with E-state index in [-0.39, 0.29) is 12.0 Å². The number of carbonyl (C=O) groups is 1. The van der Waals surface area contributed by atoms with Gasteiger partial charge in [0.1, 0.15) is 11.8 Å². The van der Waals surface area contributed by atoms with Crippen LogP contribution in [0.1, 0.15) is 26.2 Å². The molecule has 0 aliphatic heterocycles. The number of methoxy groups -OCH3 is 1. The van der Waals surface area contributed by atoms with Crippen molar-refractivity contribution in [2.24, 2.45) is 5.92 Å². The van der Waals surface area contributed by atoms with Crippen LogP contribution in [0, 0.1) is 5.92 Å². The lowest BCUT2D eigenvalue weighted by molar-refractivity contribution is -0.146. The van der Waals surface area contributed by atoms with Gasteiger partial charge in [0.2, 0.25) is 0 Å². The Labute approximate surface area is 114 Å². The van der Waals surface area contributed by atoms with Gasteiger partial charge >= 0.3 is 5.97 Å². The molecule has 1 fully saturated rings. The van der Waals surface area contributed by atoms with Gasteiger partial charge in [-0.1, -0.05) is 6.42 Å². The summed E-state index contributed by atoms with van der Waals surface area (Å²) in [6.07, 6.45) is 3.38. The molecule has 19 heavy (non-hydrogen) atoms. The minimum atomic E-state index is -0.234. The number of nitrogens with one attached hydrogen (secondary N) is 1. The fourth-order valence-corrected chi connectivity index (χ4v) is 2.24. The summed E-state index contributed by atoms with van der Waals surface area (Å²) in [5.41, 5.74) is 0.922. The van der Waals surface area contributed by atoms with Crippen molar-refractivity contribution in [3.63, 3.8) is 0 Å². The fourth-order valence-electron chi connectivity index (χ4n) is 2.24. The Hall–Kier alpha value is -1.71. The molecule has 1 aliphatic carbocycles. The Kier molecular flexibility index (Phi) is 4.66. The lowest BCUT2D eigenvalue weighted by Gasteiger charge is -2.33. The molecule has 0 aromatic heterocycles. The van der Waals surface area contributed by atoms with Crippen LogP contribution in [0.4, 0.5) is 5.69 Å². The number of anilines is 1. The van der Waals surface area contributed by atoms with Crippen LogP contribution in [0.15, 0.2) is 24.3 Å². The highest BCUT2D eigenvalue weighted by molar-refractivity contribution is 5.80. The number of hydrogen-bond acceptors (Lipinski definition) is 4. The van der Waals surface area contributed by atoms with Crippen molar-refractivity contribution in [3.8, 4) is 5.75 Å². The molecule has 104 valence electrons. The minimum Gasteiger partial charge on any atom is -0.497 e. The van der Waals surface area contributed by atoms with Crippen molar-refractivity contribution >= 4 is 11.7 Å². The summed E-state index contributed by atoms with van der Waals surface area (Å²) in [4.78, 5) is 12.0. The average Bonchev–Trinajstić information content (AvgIpc) is 2.37. The van der Waals surface area contributed by atoms with E-state index in [1.165, 1.54) is 6.42 Å². The molecule has 1 atom stereocenters. The Morgan fingerprint density at radius 3 is 2.53 bits per heavy atom. The lowest BCUT2D eigenvalue weighted by Crippen LogP contribution is -2.41. The van der Waals surface area contributed by atoms with Crippen molar-refractivity contribution in [3.05, 3.63) is 24.3 Å². The van der Waals surface area contributed by atoms with Gasteiger partial charge in [-0.15, -0.1) is 0 Å². The molecule has 2 rings (SSSR count). The summed E-state index contributed by atoms with van der Waals surface area (Å²) in [5.74, 6) is 1.05. The Balaban J connectivity index is 2.03. The number of ether oxygens (including phenoxy) is 2. The van der Waals surface area contributed by atoms with E-state index in [1.54, 1.807) is 7.11 Å². The van der Waals surface area contributed by atoms with Gasteiger partial charge in [-0.3, -0.25) is 0 Å². The molecule has 0 bridgehead atoms. The molecular formula is C15H21NO3. The smallest absolute Gasteiger partial charge is 0.328 e. The van der Waals surface area contributed by atoms with Crippen LogP contribution in [0.25, 0.3) is 0 Å². The molecule has 4 heteroatoms. The maximum Gasteiger partial charge on any atom is 0.328 e. The van der Waals surface area contributed by atoms with E-state index < -0.39 is 0 Å². The van der Waals surface area contributed by atoms with Gasteiger partial charge in [0.25, 0.3) is 0 Å². The lowest BCUT2D eigenvalue weighted by atomic mass is 9.79. The number of hydrogen-bond donors (Lipinski definition) is 1. The first kappa shape index (κ1) is 13.7. The molecule has 1 saturated carbocycles. The molecule has 0 amide bonds. The van der Waals surface area contributed by atoms with Crippen molar-refractivity contribution in [2.45, 2.75) is 32.2 Å². The zero-order chi connectivity index (χ0) is 13.7. The molecular weight excluding hydrogens is 242 g/mol. The molecule has 0 heterocycles. The molecule has 1 aliphatic rings. The highest BCUT2D eigenvalue weighted by Gasteiger charge is 2.33. The summed E-state index contributed by atoms with van der Waals surface area (Å²) in [6.45, 7) is 2.26. The monoisotopic (exact) mass is 263 g/mol. The predicted molar refractivity (Wildman–Crippen MR) is 74.4 cm³/mol. The van der Waals surface area contributed by atoms with Gasteiger partial charge in [-0.2, -0.15) is 0 Å². The Bertz CT molecular complexity index is 412. The van der Waals surface area contributed by atoms with E-state index in [0.717, 1.165) is 24.3 Å². The van der Waals surface area contributed by atoms with E-state index >= 15 is 0 Å². The maximum absolute atomic E-state index is 12.0. The van der Waals surface area contributed by atoms with E-state index in [4.69, 9.17) is 9.47 Å². The van der Waals surface area contributed by atoms with Crippen LogP contribution in [-0.4, -0.2) is 25.7 Å². The Morgan fingerprint density at radius 2 is 2.05 bits per heavy atom. The largest absolute Gasteiger partial charge is 0.497 e. The molecule has 1 unspecified atom stereocenters.